The smallest absolute Gasteiger partial charge is 0.238 e. The number of ether oxygens (including phenoxy) is 2. The van der Waals surface area contributed by atoms with Crippen molar-refractivity contribution in [1.29, 1.82) is 0 Å². The van der Waals surface area contributed by atoms with E-state index in [1.54, 1.807) is 7.11 Å². The molecule has 1 spiro atoms. The lowest BCUT2D eigenvalue weighted by molar-refractivity contribution is -0.126. The predicted molar refractivity (Wildman–Crippen MR) is 127 cm³/mol. The van der Waals surface area contributed by atoms with Crippen molar-refractivity contribution in [2.24, 2.45) is 11.8 Å². The molecule has 2 unspecified atom stereocenters. The largest absolute Gasteiger partial charge is 0.497 e. The Kier molecular flexibility index (Phi) is 5.31. The van der Waals surface area contributed by atoms with Gasteiger partial charge in [-0.1, -0.05) is 32.4 Å². The van der Waals surface area contributed by atoms with E-state index < -0.39 is 5.41 Å². The molecule has 2 N–H and O–H groups in total. The Morgan fingerprint density at radius 1 is 1.06 bits per heavy atom. The van der Waals surface area contributed by atoms with Gasteiger partial charge in [-0.15, -0.1) is 0 Å². The fraction of sp³-hybridized carbons (Fsp3) is 0.519. The summed E-state index contributed by atoms with van der Waals surface area (Å²) in [5.41, 5.74) is 9.67. The molecule has 1 amide bonds. The van der Waals surface area contributed by atoms with E-state index in [2.05, 4.69) is 13.8 Å². The van der Waals surface area contributed by atoms with E-state index >= 15 is 0 Å². The number of carbonyl (C=O) groups excluding carboxylic acids is 1. The van der Waals surface area contributed by atoms with E-state index in [0.29, 0.717) is 24.1 Å². The van der Waals surface area contributed by atoms with Crippen LogP contribution in [0.1, 0.15) is 63.5 Å². The lowest BCUT2D eigenvalue weighted by atomic mass is 9.65. The van der Waals surface area contributed by atoms with Crippen LogP contribution in [0.15, 0.2) is 36.4 Å². The van der Waals surface area contributed by atoms with Gasteiger partial charge in [0.15, 0.2) is 0 Å². The highest BCUT2D eigenvalue weighted by atomic mass is 16.5. The number of methoxy groups -OCH3 is 1. The number of fused-ring (bicyclic) bond motifs is 2. The zero-order valence-corrected chi connectivity index (χ0v) is 19.4. The summed E-state index contributed by atoms with van der Waals surface area (Å²) >= 11 is 0. The standard InChI is InChI=1S/C27H34N2O3/c1-17-11-18(2)13-22(12-17)32-24-15-20(28)14-23-25(24)29(26(30)27(23)9-4-10-27)16-19-5-7-21(31-3)8-6-19/h5-8,14-15,17-18,22H,4,9-13,16,28H2,1-3H3. The minimum atomic E-state index is -0.428. The quantitative estimate of drug-likeness (QED) is 0.636. The molecule has 1 aliphatic heterocycles. The molecule has 32 heavy (non-hydrogen) atoms. The molecule has 0 bridgehead atoms. The van der Waals surface area contributed by atoms with Crippen molar-refractivity contribution in [1.82, 2.24) is 0 Å². The number of benzene rings is 2. The first-order valence-corrected chi connectivity index (χ1v) is 11.9. The second-order valence-corrected chi connectivity index (χ2v) is 10.2. The Morgan fingerprint density at radius 3 is 2.34 bits per heavy atom. The number of hydrogen-bond donors (Lipinski definition) is 1. The fourth-order valence-corrected chi connectivity index (χ4v) is 6.06. The van der Waals surface area contributed by atoms with Crippen LogP contribution in [0.2, 0.25) is 0 Å². The van der Waals surface area contributed by atoms with Crippen LogP contribution < -0.4 is 20.1 Å². The normalized spacial score (nSPS) is 26.0. The van der Waals surface area contributed by atoms with E-state index in [-0.39, 0.29) is 12.0 Å². The lowest BCUT2D eigenvalue weighted by Crippen LogP contribution is -2.44. The average Bonchev–Trinajstić information content (AvgIpc) is 2.96. The molecule has 2 saturated carbocycles. The van der Waals surface area contributed by atoms with Gasteiger partial charge >= 0.3 is 0 Å². The number of nitrogens with zero attached hydrogens (tertiary/aromatic N) is 1. The summed E-state index contributed by atoms with van der Waals surface area (Å²) in [5.74, 6) is 3.07. The van der Waals surface area contributed by atoms with Gasteiger partial charge in [-0.05, 0) is 73.3 Å². The molecule has 0 aromatic heterocycles. The van der Waals surface area contributed by atoms with Crippen LogP contribution in [0.5, 0.6) is 11.5 Å². The Morgan fingerprint density at radius 2 is 1.75 bits per heavy atom. The number of rotatable bonds is 5. The van der Waals surface area contributed by atoms with Crippen LogP contribution in [-0.2, 0) is 16.8 Å². The van der Waals surface area contributed by atoms with Gasteiger partial charge < -0.3 is 20.1 Å². The van der Waals surface area contributed by atoms with Gasteiger partial charge in [0, 0.05) is 11.8 Å². The van der Waals surface area contributed by atoms with Crippen molar-refractivity contribution in [2.45, 2.75) is 70.4 Å². The maximum absolute atomic E-state index is 13.8. The minimum absolute atomic E-state index is 0.163. The SMILES string of the molecule is COc1ccc(CN2C(=O)C3(CCC3)c3cc(N)cc(OC4CC(C)CC(C)C4)c32)cc1. The highest BCUT2D eigenvalue weighted by Gasteiger charge is 2.55. The molecule has 2 aromatic rings. The predicted octanol–water partition coefficient (Wildman–Crippen LogP) is 5.45. The summed E-state index contributed by atoms with van der Waals surface area (Å²) in [6.45, 7) is 5.13. The molecule has 5 heteroatoms. The third-order valence-electron chi connectivity index (χ3n) is 7.67. The molecule has 5 nitrogen and oxygen atoms in total. The minimum Gasteiger partial charge on any atom is -0.497 e. The summed E-state index contributed by atoms with van der Waals surface area (Å²) in [7, 11) is 1.66. The molecular weight excluding hydrogens is 400 g/mol. The zero-order valence-electron chi connectivity index (χ0n) is 19.4. The Hall–Kier alpha value is -2.69. The van der Waals surface area contributed by atoms with Crippen LogP contribution in [0.4, 0.5) is 11.4 Å². The van der Waals surface area contributed by atoms with Gasteiger partial charge in [-0.3, -0.25) is 4.79 Å². The Bertz CT molecular complexity index is 1000. The summed E-state index contributed by atoms with van der Waals surface area (Å²) in [6, 6.07) is 11.9. The average molecular weight is 435 g/mol. The summed E-state index contributed by atoms with van der Waals surface area (Å²) < 4.78 is 11.9. The van der Waals surface area contributed by atoms with Crippen LogP contribution in [0.25, 0.3) is 0 Å². The van der Waals surface area contributed by atoms with Crippen LogP contribution in [0, 0.1) is 11.8 Å². The van der Waals surface area contributed by atoms with Crippen molar-refractivity contribution in [2.75, 3.05) is 17.7 Å². The second-order valence-electron chi connectivity index (χ2n) is 10.2. The molecule has 2 atom stereocenters. The zero-order chi connectivity index (χ0) is 22.5. The second kappa shape index (κ2) is 8.02. The summed E-state index contributed by atoms with van der Waals surface area (Å²) in [6.07, 6.45) is 6.35. The lowest BCUT2D eigenvalue weighted by Gasteiger charge is -2.37. The first-order valence-electron chi connectivity index (χ1n) is 11.9. The van der Waals surface area contributed by atoms with Crippen molar-refractivity contribution >= 4 is 17.3 Å². The number of carbonyl (C=O) groups is 1. The molecular formula is C27H34N2O3. The highest BCUT2D eigenvalue weighted by molar-refractivity contribution is 6.10. The number of nitrogen functional groups attached to an aromatic ring is 1. The monoisotopic (exact) mass is 434 g/mol. The molecule has 5 rings (SSSR count). The number of anilines is 2. The van der Waals surface area contributed by atoms with Crippen molar-refractivity contribution in [3.8, 4) is 11.5 Å². The third-order valence-corrected chi connectivity index (χ3v) is 7.67. The van der Waals surface area contributed by atoms with Crippen LogP contribution in [-0.4, -0.2) is 19.1 Å². The van der Waals surface area contributed by atoms with Gasteiger partial charge in [0.25, 0.3) is 0 Å². The van der Waals surface area contributed by atoms with Crippen molar-refractivity contribution in [3.63, 3.8) is 0 Å². The summed E-state index contributed by atoms with van der Waals surface area (Å²) in [5, 5.41) is 0. The van der Waals surface area contributed by atoms with E-state index in [9.17, 15) is 4.79 Å². The fourth-order valence-electron chi connectivity index (χ4n) is 6.06. The third kappa shape index (κ3) is 3.52. The summed E-state index contributed by atoms with van der Waals surface area (Å²) in [4.78, 5) is 15.7. The van der Waals surface area contributed by atoms with Crippen molar-refractivity contribution in [3.05, 3.63) is 47.5 Å². The van der Waals surface area contributed by atoms with Gasteiger partial charge in [0.1, 0.15) is 11.5 Å². The first-order chi connectivity index (χ1) is 15.4. The van der Waals surface area contributed by atoms with E-state index in [4.69, 9.17) is 15.2 Å². The van der Waals surface area contributed by atoms with Crippen LogP contribution >= 0.6 is 0 Å². The van der Waals surface area contributed by atoms with Gasteiger partial charge in [0.05, 0.1) is 30.9 Å². The maximum atomic E-state index is 13.8. The van der Waals surface area contributed by atoms with Crippen LogP contribution in [0.3, 0.4) is 0 Å². The molecule has 2 fully saturated rings. The molecule has 170 valence electrons. The molecule has 2 aromatic carbocycles. The number of amides is 1. The molecule has 2 aliphatic carbocycles. The van der Waals surface area contributed by atoms with E-state index in [1.807, 2.05) is 41.3 Å². The van der Waals surface area contributed by atoms with E-state index in [1.165, 1.54) is 6.42 Å². The Labute approximate surface area is 190 Å². The molecule has 0 saturated heterocycles. The van der Waals surface area contributed by atoms with Gasteiger partial charge in [0.2, 0.25) is 5.91 Å². The first kappa shape index (κ1) is 21.2. The number of hydrogen-bond acceptors (Lipinski definition) is 4. The highest BCUT2D eigenvalue weighted by Crippen LogP contribution is 2.57. The van der Waals surface area contributed by atoms with Gasteiger partial charge in [-0.25, -0.2) is 0 Å². The molecule has 1 heterocycles. The molecule has 3 aliphatic rings. The maximum Gasteiger partial charge on any atom is 0.238 e. The van der Waals surface area contributed by atoms with Crippen molar-refractivity contribution < 1.29 is 14.3 Å². The topological polar surface area (TPSA) is 64.8 Å². The van der Waals surface area contributed by atoms with E-state index in [0.717, 1.165) is 60.4 Å². The number of nitrogens with two attached hydrogens (primary N) is 1. The van der Waals surface area contributed by atoms with Gasteiger partial charge in [-0.2, -0.15) is 0 Å². The Balaban J connectivity index is 1.52. The molecule has 0 radical (unpaired) electrons.